The normalized spacial score (nSPS) is 23.0. The SMILES string of the molecule is CN1c2cccnc2C[C@H]2C(=O)N(c3ccc(Cl)cc3)C(=O)[C@H]21. The number of carbonyl (C=O) groups excluding carboxylic acids is 2. The van der Waals surface area contributed by atoms with Crippen molar-refractivity contribution in [3.05, 3.63) is 53.3 Å². The van der Waals surface area contributed by atoms with Gasteiger partial charge in [0, 0.05) is 24.7 Å². The Labute approximate surface area is 138 Å². The lowest BCUT2D eigenvalue weighted by Gasteiger charge is -2.34. The summed E-state index contributed by atoms with van der Waals surface area (Å²) in [6.07, 6.45) is 2.20. The Hall–Kier alpha value is -2.40. The molecule has 2 amide bonds. The molecule has 4 rings (SSSR count). The van der Waals surface area contributed by atoms with Crippen LogP contribution in [0.1, 0.15) is 5.69 Å². The summed E-state index contributed by atoms with van der Waals surface area (Å²) in [5.74, 6) is -0.768. The summed E-state index contributed by atoms with van der Waals surface area (Å²) in [7, 11) is 1.84. The zero-order chi connectivity index (χ0) is 16.1. The molecule has 116 valence electrons. The van der Waals surface area contributed by atoms with Crippen LogP contribution in [0.2, 0.25) is 5.02 Å². The van der Waals surface area contributed by atoms with Crippen molar-refractivity contribution in [2.75, 3.05) is 16.8 Å². The van der Waals surface area contributed by atoms with E-state index in [0.717, 1.165) is 11.4 Å². The van der Waals surface area contributed by atoms with Crippen molar-refractivity contribution in [1.82, 2.24) is 4.98 Å². The monoisotopic (exact) mass is 327 g/mol. The van der Waals surface area contributed by atoms with Crippen molar-refractivity contribution >= 4 is 34.8 Å². The number of likely N-dealkylation sites (N-methyl/N-ethyl adjacent to an activating group) is 1. The molecule has 5 nitrogen and oxygen atoms in total. The van der Waals surface area contributed by atoms with Gasteiger partial charge in [0.25, 0.3) is 5.91 Å². The number of carbonyl (C=O) groups is 2. The van der Waals surface area contributed by atoms with Crippen LogP contribution in [0.4, 0.5) is 11.4 Å². The van der Waals surface area contributed by atoms with E-state index < -0.39 is 12.0 Å². The molecule has 0 aliphatic carbocycles. The molecular formula is C17H14ClN3O2. The molecule has 2 atom stereocenters. The first kappa shape index (κ1) is 14.2. The standard InChI is InChI=1S/C17H14ClN3O2/c1-20-14-3-2-8-19-13(14)9-12-15(20)17(23)21(16(12)22)11-6-4-10(18)5-7-11/h2-8,12,15H,9H2,1H3/t12-,15+/m1/s1. The smallest absolute Gasteiger partial charge is 0.257 e. The first-order chi connectivity index (χ1) is 11.1. The highest BCUT2D eigenvalue weighted by Gasteiger charge is 2.52. The van der Waals surface area contributed by atoms with Gasteiger partial charge >= 0.3 is 0 Å². The van der Waals surface area contributed by atoms with Gasteiger partial charge in [-0.3, -0.25) is 14.6 Å². The molecule has 2 aromatic rings. The van der Waals surface area contributed by atoms with E-state index in [9.17, 15) is 9.59 Å². The average molecular weight is 328 g/mol. The maximum absolute atomic E-state index is 12.9. The van der Waals surface area contributed by atoms with Crippen molar-refractivity contribution in [3.63, 3.8) is 0 Å². The van der Waals surface area contributed by atoms with Gasteiger partial charge in [0.1, 0.15) is 6.04 Å². The molecule has 1 aromatic heterocycles. The molecule has 0 bridgehead atoms. The summed E-state index contributed by atoms with van der Waals surface area (Å²) in [5, 5.41) is 0.569. The van der Waals surface area contributed by atoms with E-state index in [0.29, 0.717) is 17.1 Å². The van der Waals surface area contributed by atoms with Crippen LogP contribution >= 0.6 is 11.6 Å². The van der Waals surface area contributed by atoms with Crippen LogP contribution in [0.15, 0.2) is 42.6 Å². The number of benzene rings is 1. The molecule has 0 N–H and O–H groups in total. The number of amides is 2. The number of aromatic nitrogens is 1. The van der Waals surface area contributed by atoms with Gasteiger partial charge < -0.3 is 4.90 Å². The predicted octanol–water partition coefficient (Wildman–Crippen LogP) is 2.29. The molecule has 2 aliphatic heterocycles. The van der Waals surface area contributed by atoms with Crippen LogP contribution in [0, 0.1) is 5.92 Å². The Morgan fingerprint density at radius 2 is 1.87 bits per heavy atom. The summed E-state index contributed by atoms with van der Waals surface area (Å²) in [6.45, 7) is 0. The third-order valence-electron chi connectivity index (χ3n) is 4.55. The topological polar surface area (TPSA) is 53.5 Å². The summed E-state index contributed by atoms with van der Waals surface area (Å²) >= 11 is 5.89. The van der Waals surface area contributed by atoms with Crippen molar-refractivity contribution in [2.45, 2.75) is 12.5 Å². The van der Waals surface area contributed by atoms with Gasteiger partial charge in [-0.05, 0) is 36.4 Å². The Bertz CT molecular complexity index is 806. The minimum atomic E-state index is -0.477. The second-order valence-corrected chi connectivity index (χ2v) is 6.26. The summed E-state index contributed by atoms with van der Waals surface area (Å²) < 4.78 is 0. The fourth-order valence-corrected chi connectivity index (χ4v) is 3.59. The van der Waals surface area contributed by atoms with E-state index in [1.54, 1.807) is 30.5 Å². The Kier molecular flexibility index (Phi) is 3.13. The van der Waals surface area contributed by atoms with Crippen LogP contribution in [-0.4, -0.2) is 29.9 Å². The fraction of sp³-hybridized carbons (Fsp3) is 0.235. The second-order valence-electron chi connectivity index (χ2n) is 5.82. The van der Waals surface area contributed by atoms with Crippen molar-refractivity contribution in [3.8, 4) is 0 Å². The Morgan fingerprint density at radius 1 is 1.13 bits per heavy atom. The zero-order valence-corrected chi connectivity index (χ0v) is 13.2. The number of rotatable bonds is 1. The molecule has 1 fully saturated rings. The summed E-state index contributed by atoms with van der Waals surface area (Å²) in [4.78, 5) is 33.2. The fourth-order valence-electron chi connectivity index (χ4n) is 3.46. The van der Waals surface area contributed by atoms with Crippen LogP contribution in [-0.2, 0) is 16.0 Å². The average Bonchev–Trinajstić information content (AvgIpc) is 2.80. The number of anilines is 2. The minimum absolute atomic E-state index is 0.175. The lowest BCUT2D eigenvalue weighted by atomic mass is 9.90. The number of imide groups is 1. The molecule has 0 unspecified atom stereocenters. The molecule has 0 saturated carbocycles. The maximum atomic E-state index is 12.9. The molecule has 0 spiro atoms. The number of fused-ring (bicyclic) bond motifs is 2. The summed E-state index contributed by atoms with van der Waals surface area (Å²) in [6, 6.07) is 10.0. The molecule has 6 heteroatoms. The summed E-state index contributed by atoms with van der Waals surface area (Å²) in [5.41, 5.74) is 2.33. The van der Waals surface area contributed by atoms with E-state index >= 15 is 0 Å². The quantitative estimate of drug-likeness (QED) is 0.754. The minimum Gasteiger partial charge on any atom is -0.360 e. The number of hydrogen-bond donors (Lipinski definition) is 0. The number of nitrogens with zero attached hydrogens (tertiary/aromatic N) is 3. The maximum Gasteiger partial charge on any atom is 0.257 e. The number of halogens is 1. The van der Waals surface area contributed by atoms with E-state index in [-0.39, 0.29) is 11.8 Å². The van der Waals surface area contributed by atoms with Gasteiger partial charge in [0.2, 0.25) is 5.91 Å². The largest absolute Gasteiger partial charge is 0.360 e. The third kappa shape index (κ3) is 2.04. The Balaban J connectivity index is 1.76. The highest BCUT2D eigenvalue weighted by atomic mass is 35.5. The number of pyridine rings is 1. The van der Waals surface area contributed by atoms with E-state index in [4.69, 9.17) is 11.6 Å². The van der Waals surface area contributed by atoms with Crippen molar-refractivity contribution < 1.29 is 9.59 Å². The van der Waals surface area contributed by atoms with E-state index in [1.165, 1.54) is 4.90 Å². The molecule has 3 heterocycles. The van der Waals surface area contributed by atoms with Gasteiger partial charge in [-0.15, -0.1) is 0 Å². The first-order valence-corrected chi connectivity index (χ1v) is 7.76. The number of hydrogen-bond acceptors (Lipinski definition) is 4. The first-order valence-electron chi connectivity index (χ1n) is 7.38. The van der Waals surface area contributed by atoms with E-state index in [1.807, 2.05) is 24.1 Å². The lowest BCUT2D eigenvalue weighted by molar-refractivity contribution is -0.122. The molecular weight excluding hydrogens is 314 g/mol. The zero-order valence-electron chi connectivity index (χ0n) is 12.4. The third-order valence-corrected chi connectivity index (χ3v) is 4.81. The molecule has 1 aromatic carbocycles. The van der Waals surface area contributed by atoms with Gasteiger partial charge in [0.05, 0.1) is 23.0 Å². The highest BCUT2D eigenvalue weighted by Crippen LogP contribution is 2.38. The predicted molar refractivity (Wildman–Crippen MR) is 87.6 cm³/mol. The van der Waals surface area contributed by atoms with Gasteiger partial charge in [-0.2, -0.15) is 0 Å². The van der Waals surface area contributed by atoms with Gasteiger partial charge in [-0.1, -0.05) is 11.6 Å². The lowest BCUT2D eigenvalue weighted by Crippen LogP contribution is -2.46. The van der Waals surface area contributed by atoms with Crippen molar-refractivity contribution in [1.29, 1.82) is 0 Å². The van der Waals surface area contributed by atoms with Gasteiger partial charge in [-0.25, -0.2) is 4.90 Å². The molecule has 1 saturated heterocycles. The molecule has 2 aliphatic rings. The molecule has 23 heavy (non-hydrogen) atoms. The van der Waals surface area contributed by atoms with Crippen LogP contribution in [0.25, 0.3) is 0 Å². The van der Waals surface area contributed by atoms with Crippen molar-refractivity contribution in [2.24, 2.45) is 5.92 Å². The van der Waals surface area contributed by atoms with Crippen LogP contribution in [0.5, 0.6) is 0 Å². The Morgan fingerprint density at radius 3 is 2.61 bits per heavy atom. The molecule has 0 radical (unpaired) electrons. The van der Waals surface area contributed by atoms with Crippen LogP contribution < -0.4 is 9.80 Å². The van der Waals surface area contributed by atoms with Gasteiger partial charge in [0.15, 0.2) is 0 Å². The van der Waals surface area contributed by atoms with E-state index in [2.05, 4.69) is 4.98 Å². The highest BCUT2D eigenvalue weighted by molar-refractivity contribution is 6.31. The van der Waals surface area contributed by atoms with Crippen LogP contribution in [0.3, 0.4) is 0 Å². The second kappa shape index (κ2) is 5.06.